The van der Waals surface area contributed by atoms with Gasteiger partial charge in [0.15, 0.2) is 0 Å². The minimum Gasteiger partial charge on any atom is -0.355 e. The second kappa shape index (κ2) is 8.19. The topological polar surface area (TPSA) is 49.3 Å². The monoisotopic (exact) mass is 348 g/mol. The second-order valence-electron chi connectivity index (χ2n) is 6.82. The van der Waals surface area contributed by atoms with Crippen molar-refractivity contribution in [1.82, 2.24) is 14.9 Å². The van der Waals surface area contributed by atoms with E-state index in [0.717, 1.165) is 37.0 Å². The fourth-order valence-corrected chi connectivity index (χ4v) is 5.07. The molecule has 0 N–H and O–H groups in total. The highest BCUT2D eigenvalue weighted by molar-refractivity contribution is 7.99. The largest absolute Gasteiger partial charge is 0.355 e. The van der Waals surface area contributed by atoms with Gasteiger partial charge in [0.1, 0.15) is 5.82 Å². The van der Waals surface area contributed by atoms with Crippen LogP contribution in [0.5, 0.6) is 0 Å². The van der Waals surface area contributed by atoms with Crippen molar-refractivity contribution in [3.63, 3.8) is 0 Å². The Kier molecular flexibility index (Phi) is 5.98. The van der Waals surface area contributed by atoms with Gasteiger partial charge in [-0.25, -0.2) is 4.98 Å². The van der Waals surface area contributed by atoms with E-state index in [2.05, 4.69) is 26.7 Å². The first kappa shape index (κ1) is 17.5. The number of hydrogen-bond donors (Lipinski definition) is 0. The van der Waals surface area contributed by atoms with Crippen molar-refractivity contribution in [2.45, 2.75) is 50.3 Å². The molecular formula is C18H28N4OS. The maximum absolute atomic E-state index is 12.9. The number of carbonyl (C=O) groups excluding carboxylic acids is 1. The SMILES string of the molecule is CCS[C@@H]1CC[C@@H](N(C)C(=O)C2CCN(c3cnccn3)CC2)C1. The first-order chi connectivity index (χ1) is 11.7. The van der Waals surface area contributed by atoms with Crippen molar-refractivity contribution >= 4 is 23.5 Å². The number of carbonyl (C=O) groups is 1. The van der Waals surface area contributed by atoms with Crippen molar-refractivity contribution in [1.29, 1.82) is 0 Å². The van der Waals surface area contributed by atoms with Crippen molar-refractivity contribution in [3.05, 3.63) is 18.6 Å². The maximum atomic E-state index is 12.9. The summed E-state index contributed by atoms with van der Waals surface area (Å²) in [5.41, 5.74) is 0. The summed E-state index contributed by atoms with van der Waals surface area (Å²) in [5, 5.41) is 0.744. The fourth-order valence-electron chi connectivity index (χ4n) is 3.93. The van der Waals surface area contributed by atoms with Crippen LogP contribution in [0.3, 0.4) is 0 Å². The highest BCUT2D eigenvalue weighted by Crippen LogP contribution is 2.33. The summed E-state index contributed by atoms with van der Waals surface area (Å²) in [7, 11) is 2.01. The van der Waals surface area contributed by atoms with Gasteiger partial charge in [0.2, 0.25) is 5.91 Å². The van der Waals surface area contributed by atoms with Crippen LogP contribution < -0.4 is 4.90 Å². The summed E-state index contributed by atoms with van der Waals surface area (Å²) in [6, 6.07) is 0.444. The number of thioether (sulfide) groups is 1. The lowest BCUT2D eigenvalue weighted by Gasteiger charge is -2.35. The molecule has 5 nitrogen and oxygen atoms in total. The van der Waals surface area contributed by atoms with Gasteiger partial charge in [0, 0.05) is 49.7 Å². The van der Waals surface area contributed by atoms with E-state index in [4.69, 9.17) is 0 Å². The Balaban J connectivity index is 1.50. The molecule has 6 heteroatoms. The lowest BCUT2D eigenvalue weighted by Crippen LogP contribution is -2.44. The normalized spacial score (nSPS) is 25.0. The zero-order valence-corrected chi connectivity index (χ0v) is 15.5. The maximum Gasteiger partial charge on any atom is 0.225 e. The molecule has 0 spiro atoms. The van der Waals surface area contributed by atoms with Gasteiger partial charge in [0.25, 0.3) is 0 Å². The standard InChI is InChI=1S/C18H28N4OS/c1-3-24-16-5-4-15(12-16)21(2)18(23)14-6-10-22(11-7-14)17-13-19-8-9-20-17/h8-9,13-16H,3-7,10-12H2,1-2H3/t15-,16-/m1/s1. The fraction of sp³-hybridized carbons (Fsp3) is 0.722. The van der Waals surface area contributed by atoms with Gasteiger partial charge in [-0.1, -0.05) is 6.92 Å². The Morgan fingerprint density at radius 3 is 2.75 bits per heavy atom. The summed E-state index contributed by atoms with van der Waals surface area (Å²) in [6.45, 7) is 4.00. The third kappa shape index (κ3) is 4.02. The van der Waals surface area contributed by atoms with E-state index in [-0.39, 0.29) is 5.92 Å². The molecule has 1 saturated heterocycles. The molecule has 1 aromatic rings. The molecule has 24 heavy (non-hydrogen) atoms. The third-order valence-corrected chi connectivity index (χ3v) is 6.61. The Bertz CT molecular complexity index is 533. The smallest absolute Gasteiger partial charge is 0.225 e. The average Bonchev–Trinajstić information content (AvgIpc) is 3.10. The summed E-state index contributed by atoms with van der Waals surface area (Å²) in [5.74, 6) is 2.62. The van der Waals surface area contributed by atoms with Gasteiger partial charge < -0.3 is 9.80 Å². The molecular weight excluding hydrogens is 320 g/mol. The molecule has 0 radical (unpaired) electrons. The van der Waals surface area contributed by atoms with Crippen LogP contribution in [0.15, 0.2) is 18.6 Å². The van der Waals surface area contributed by atoms with Gasteiger partial charge in [0.05, 0.1) is 6.20 Å². The summed E-state index contributed by atoms with van der Waals surface area (Å²) >= 11 is 2.05. The molecule has 0 unspecified atom stereocenters. The van der Waals surface area contributed by atoms with Crippen LogP contribution in [0.25, 0.3) is 0 Å². The van der Waals surface area contributed by atoms with Crippen molar-refractivity contribution in [2.75, 3.05) is 30.8 Å². The van der Waals surface area contributed by atoms with Crippen molar-refractivity contribution in [2.24, 2.45) is 5.92 Å². The molecule has 2 atom stereocenters. The number of nitrogens with zero attached hydrogens (tertiary/aromatic N) is 4. The summed E-state index contributed by atoms with van der Waals surface area (Å²) in [6.07, 6.45) is 10.6. The van der Waals surface area contributed by atoms with Crippen LogP contribution in [0.1, 0.15) is 39.0 Å². The molecule has 132 valence electrons. The van der Waals surface area contributed by atoms with E-state index in [9.17, 15) is 4.79 Å². The zero-order chi connectivity index (χ0) is 16.9. The van der Waals surface area contributed by atoms with Crippen LogP contribution in [0.4, 0.5) is 5.82 Å². The van der Waals surface area contributed by atoms with Crippen LogP contribution in [-0.2, 0) is 4.79 Å². The number of amides is 1. The predicted octanol–water partition coefficient (Wildman–Crippen LogP) is 2.83. The summed E-state index contributed by atoms with van der Waals surface area (Å²) < 4.78 is 0. The minimum atomic E-state index is 0.167. The number of hydrogen-bond acceptors (Lipinski definition) is 5. The summed E-state index contributed by atoms with van der Waals surface area (Å²) in [4.78, 5) is 25.7. The first-order valence-corrected chi connectivity index (χ1v) is 10.1. The van der Waals surface area contributed by atoms with Gasteiger partial charge in [-0.2, -0.15) is 11.8 Å². The zero-order valence-electron chi connectivity index (χ0n) is 14.7. The van der Waals surface area contributed by atoms with E-state index in [0.29, 0.717) is 11.9 Å². The predicted molar refractivity (Wildman–Crippen MR) is 99.3 cm³/mol. The van der Waals surface area contributed by atoms with Crippen LogP contribution >= 0.6 is 11.8 Å². The van der Waals surface area contributed by atoms with E-state index < -0.39 is 0 Å². The average molecular weight is 349 g/mol. The Labute approximate surface area is 149 Å². The van der Waals surface area contributed by atoms with Crippen LogP contribution in [0, 0.1) is 5.92 Å². The van der Waals surface area contributed by atoms with Crippen LogP contribution in [0.2, 0.25) is 0 Å². The lowest BCUT2D eigenvalue weighted by atomic mass is 9.94. The Hall–Kier alpha value is -1.30. The molecule has 0 bridgehead atoms. The molecule has 0 aromatic carbocycles. The number of piperidine rings is 1. The molecule has 1 aliphatic carbocycles. The molecule has 1 aromatic heterocycles. The Morgan fingerprint density at radius 2 is 2.08 bits per heavy atom. The highest BCUT2D eigenvalue weighted by atomic mass is 32.2. The molecule has 2 heterocycles. The quantitative estimate of drug-likeness (QED) is 0.819. The van der Waals surface area contributed by atoms with Crippen molar-refractivity contribution in [3.8, 4) is 0 Å². The lowest BCUT2D eigenvalue weighted by molar-refractivity contribution is -0.136. The molecule has 3 rings (SSSR count). The Morgan fingerprint density at radius 1 is 1.29 bits per heavy atom. The van der Waals surface area contributed by atoms with Crippen molar-refractivity contribution < 1.29 is 4.79 Å². The minimum absolute atomic E-state index is 0.167. The van der Waals surface area contributed by atoms with Gasteiger partial charge in [-0.3, -0.25) is 9.78 Å². The molecule has 2 fully saturated rings. The van der Waals surface area contributed by atoms with E-state index >= 15 is 0 Å². The van der Waals surface area contributed by atoms with E-state index in [1.165, 1.54) is 25.0 Å². The second-order valence-corrected chi connectivity index (χ2v) is 8.40. The first-order valence-electron chi connectivity index (χ1n) is 9.08. The van der Waals surface area contributed by atoms with E-state index in [1.807, 2.05) is 18.8 Å². The number of aromatic nitrogens is 2. The van der Waals surface area contributed by atoms with Crippen LogP contribution in [-0.4, -0.2) is 58.0 Å². The van der Waals surface area contributed by atoms with Gasteiger partial charge >= 0.3 is 0 Å². The molecule has 1 amide bonds. The van der Waals surface area contributed by atoms with E-state index in [1.54, 1.807) is 18.6 Å². The molecule has 1 saturated carbocycles. The number of anilines is 1. The molecule has 1 aliphatic heterocycles. The number of rotatable bonds is 5. The third-order valence-electron chi connectivity index (χ3n) is 5.37. The molecule has 2 aliphatic rings. The van der Waals surface area contributed by atoms with Gasteiger partial charge in [-0.15, -0.1) is 0 Å². The highest BCUT2D eigenvalue weighted by Gasteiger charge is 2.34. The van der Waals surface area contributed by atoms with Gasteiger partial charge in [-0.05, 0) is 37.9 Å².